The Morgan fingerprint density at radius 1 is 0.955 bits per heavy atom. The van der Waals surface area contributed by atoms with Crippen LogP contribution in [0.2, 0.25) is 0 Å². The summed E-state index contributed by atoms with van der Waals surface area (Å²) in [6.07, 6.45) is -4.41. The van der Waals surface area contributed by atoms with Crippen molar-refractivity contribution in [2.75, 3.05) is 0 Å². The fraction of sp³-hybridized carbons (Fsp3) is 0.0588. The van der Waals surface area contributed by atoms with E-state index in [0.717, 1.165) is 12.1 Å². The number of fused-ring (bicyclic) bond motifs is 1. The van der Waals surface area contributed by atoms with Crippen LogP contribution in [0.4, 0.5) is 13.2 Å². The van der Waals surface area contributed by atoms with Gasteiger partial charge < -0.3 is 0 Å². The lowest BCUT2D eigenvalue weighted by Crippen LogP contribution is -2.04. The number of pyridine rings is 1. The quantitative estimate of drug-likeness (QED) is 0.647. The van der Waals surface area contributed by atoms with Crippen LogP contribution in [0.25, 0.3) is 22.2 Å². The van der Waals surface area contributed by atoms with Crippen LogP contribution in [0, 0.1) is 11.3 Å². The van der Waals surface area contributed by atoms with Crippen LogP contribution >= 0.6 is 0 Å². The van der Waals surface area contributed by atoms with Crippen molar-refractivity contribution >= 4 is 10.9 Å². The van der Waals surface area contributed by atoms with Crippen LogP contribution in [-0.2, 0) is 6.18 Å². The van der Waals surface area contributed by atoms with E-state index in [9.17, 15) is 18.4 Å². The summed E-state index contributed by atoms with van der Waals surface area (Å²) in [5.74, 6) is 0. The minimum atomic E-state index is -4.41. The number of nitrogens with zero attached hydrogens (tertiary/aromatic N) is 2. The molecule has 0 aliphatic heterocycles. The van der Waals surface area contributed by atoms with E-state index >= 15 is 0 Å². The molecular weight excluding hydrogens is 289 g/mol. The summed E-state index contributed by atoms with van der Waals surface area (Å²) in [5.41, 5.74) is 0.906. The second-order valence-corrected chi connectivity index (χ2v) is 4.76. The Kier molecular flexibility index (Phi) is 3.30. The highest BCUT2D eigenvalue weighted by atomic mass is 19.4. The maximum absolute atomic E-state index is 12.8. The Bertz CT molecular complexity index is 892. The lowest BCUT2D eigenvalue weighted by molar-refractivity contribution is -0.137. The molecule has 0 atom stereocenters. The molecule has 2 nitrogen and oxygen atoms in total. The molecule has 1 aromatic heterocycles. The zero-order valence-corrected chi connectivity index (χ0v) is 11.2. The Hall–Kier alpha value is -2.87. The van der Waals surface area contributed by atoms with Crippen molar-refractivity contribution in [1.29, 1.82) is 5.26 Å². The number of benzene rings is 2. The summed E-state index contributed by atoms with van der Waals surface area (Å²) in [6, 6.07) is 15.6. The van der Waals surface area contributed by atoms with E-state index in [1.54, 1.807) is 30.3 Å². The number of rotatable bonds is 1. The molecule has 0 amide bonds. The van der Waals surface area contributed by atoms with E-state index in [1.165, 1.54) is 12.1 Å². The second-order valence-electron chi connectivity index (χ2n) is 4.76. The predicted molar refractivity (Wildman–Crippen MR) is 76.9 cm³/mol. The number of aromatic nitrogens is 1. The molecule has 0 radical (unpaired) electrons. The van der Waals surface area contributed by atoms with Crippen molar-refractivity contribution in [3.05, 3.63) is 65.7 Å². The van der Waals surface area contributed by atoms with E-state index in [-0.39, 0.29) is 0 Å². The van der Waals surface area contributed by atoms with Crippen LogP contribution in [0.5, 0.6) is 0 Å². The molecule has 0 bridgehead atoms. The molecule has 0 saturated carbocycles. The fourth-order valence-electron chi connectivity index (χ4n) is 2.27. The van der Waals surface area contributed by atoms with Crippen molar-refractivity contribution in [2.24, 2.45) is 0 Å². The highest BCUT2D eigenvalue weighted by Gasteiger charge is 2.30. The first kappa shape index (κ1) is 14.1. The first-order valence-electron chi connectivity index (χ1n) is 6.46. The van der Waals surface area contributed by atoms with Gasteiger partial charge in [-0.1, -0.05) is 30.3 Å². The molecule has 0 aliphatic carbocycles. The summed E-state index contributed by atoms with van der Waals surface area (Å²) in [4.78, 5) is 4.36. The van der Waals surface area contributed by atoms with Crippen molar-refractivity contribution in [3.63, 3.8) is 0 Å². The van der Waals surface area contributed by atoms with Gasteiger partial charge in [0.1, 0.15) is 0 Å². The second kappa shape index (κ2) is 5.15. The van der Waals surface area contributed by atoms with Crippen molar-refractivity contribution < 1.29 is 13.2 Å². The van der Waals surface area contributed by atoms with E-state index < -0.39 is 11.7 Å². The molecule has 0 aliphatic rings. The molecule has 5 heteroatoms. The van der Waals surface area contributed by atoms with Crippen LogP contribution in [0.15, 0.2) is 54.6 Å². The van der Waals surface area contributed by atoms with Crippen molar-refractivity contribution in [1.82, 2.24) is 4.98 Å². The van der Waals surface area contributed by atoms with Gasteiger partial charge >= 0.3 is 6.18 Å². The summed E-state index contributed by atoms with van der Waals surface area (Å²) < 4.78 is 38.4. The summed E-state index contributed by atoms with van der Waals surface area (Å²) >= 11 is 0. The number of para-hydroxylation sites is 1. The molecule has 1 heterocycles. The maximum Gasteiger partial charge on any atom is 0.416 e. The van der Waals surface area contributed by atoms with Gasteiger partial charge in [-0.2, -0.15) is 18.4 Å². The average molecular weight is 298 g/mol. The van der Waals surface area contributed by atoms with Gasteiger partial charge in [-0.15, -0.1) is 0 Å². The normalized spacial score (nSPS) is 11.4. The number of halogens is 3. The Morgan fingerprint density at radius 3 is 2.45 bits per heavy atom. The molecule has 0 spiro atoms. The Labute approximate surface area is 124 Å². The van der Waals surface area contributed by atoms with Gasteiger partial charge in [-0.05, 0) is 24.3 Å². The maximum atomic E-state index is 12.8. The molecule has 0 N–H and O–H groups in total. The molecule has 22 heavy (non-hydrogen) atoms. The van der Waals surface area contributed by atoms with Crippen molar-refractivity contribution in [2.45, 2.75) is 6.18 Å². The largest absolute Gasteiger partial charge is 0.416 e. The molecule has 2 aromatic carbocycles. The number of alkyl halides is 3. The van der Waals surface area contributed by atoms with Gasteiger partial charge in [0.05, 0.1) is 28.4 Å². The Balaban J connectivity index is 2.21. The zero-order chi connectivity index (χ0) is 15.7. The van der Waals surface area contributed by atoms with Crippen LogP contribution in [-0.4, -0.2) is 4.98 Å². The molecule has 0 saturated heterocycles. The van der Waals surface area contributed by atoms with Gasteiger partial charge in [-0.3, -0.25) is 0 Å². The van der Waals surface area contributed by atoms with E-state index in [1.807, 2.05) is 0 Å². The third kappa shape index (κ3) is 2.51. The molecule has 108 valence electrons. The lowest BCUT2D eigenvalue weighted by atomic mass is 10.0. The average Bonchev–Trinajstić information content (AvgIpc) is 2.53. The van der Waals surface area contributed by atoms with Gasteiger partial charge in [-0.25, -0.2) is 4.98 Å². The van der Waals surface area contributed by atoms with Crippen molar-refractivity contribution in [3.8, 4) is 17.3 Å². The van der Waals surface area contributed by atoms with Crippen LogP contribution in [0.1, 0.15) is 11.1 Å². The first-order chi connectivity index (χ1) is 10.5. The smallest absolute Gasteiger partial charge is 0.248 e. The van der Waals surface area contributed by atoms with E-state index in [2.05, 4.69) is 11.1 Å². The van der Waals surface area contributed by atoms with Gasteiger partial charge in [0.25, 0.3) is 0 Å². The molecule has 0 fully saturated rings. The highest BCUT2D eigenvalue weighted by molar-refractivity contribution is 5.87. The fourth-order valence-corrected chi connectivity index (χ4v) is 2.27. The summed E-state index contributed by atoms with van der Waals surface area (Å²) in [7, 11) is 0. The third-order valence-electron chi connectivity index (χ3n) is 3.32. The minimum absolute atomic E-state index is 0.331. The van der Waals surface area contributed by atoms with Gasteiger partial charge in [0, 0.05) is 10.9 Å². The minimum Gasteiger partial charge on any atom is -0.248 e. The number of nitriles is 1. The molecule has 3 aromatic rings. The monoisotopic (exact) mass is 298 g/mol. The SMILES string of the molecule is N#Cc1cc(-c2cccc(C(F)(F)F)c2)nc2ccccc12. The number of hydrogen-bond acceptors (Lipinski definition) is 2. The number of hydrogen-bond donors (Lipinski definition) is 0. The topological polar surface area (TPSA) is 36.7 Å². The van der Waals surface area contributed by atoms with E-state index in [0.29, 0.717) is 27.7 Å². The highest BCUT2D eigenvalue weighted by Crippen LogP contribution is 2.32. The predicted octanol–water partition coefficient (Wildman–Crippen LogP) is 4.79. The van der Waals surface area contributed by atoms with Gasteiger partial charge in [0.2, 0.25) is 0 Å². The molecular formula is C17H9F3N2. The van der Waals surface area contributed by atoms with Crippen LogP contribution < -0.4 is 0 Å². The zero-order valence-electron chi connectivity index (χ0n) is 11.2. The summed E-state index contributed by atoms with van der Waals surface area (Å²) in [6.45, 7) is 0. The first-order valence-corrected chi connectivity index (χ1v) is 6.46. The Morgan fingerprint density at radius 2 is 1.73 bits per heavy atom. The standard InChI is InChI=1S/C17H9F3N2/c18-17(19,20)13-5-3-4-11(8-13)16-9-12(10-21)14-6-1-2-7-15(14)22-16/h1-9H. The van der Waals surface area contributed by atoms with E-state index in [4.69, 9.17) is 0 Å². The van der Waals surface area contributed by atoms with Crippen LogP contribution in [0.3, 0.4) is 0 Å². The van der Waals surface area contributed by atoms with Gasteiger partial charge in [0.15, 0.2) is 0 Å². The molecule has 0 unspecified atom stereocenters. The third-order valence-corrected chi connectivity index (χ3v) is 3.32. The molecule has 3 rings (SSSR count). The summed E-state index contributed by atoms with van der Waals surface area (Å²) in [5, 5.41) is 9.91. The lowest BCUT2D eigenvalue weighted by Gasteiger charge is -2.09.